The predicted molar refractivity (Wildman–Crippen MR) is 99.2 cm³/mol. The Bertz CT molecular complexity index is 934. The number of thioether (sulfide) groups is 1. The molecule has 124 valence electrons. The SMILES string of the molecule is Cc1ccc(-n2c(SCCCO)nc3ccccc3c2=O)c(C)c1. The monoisotopic (exact) mass is 340 g/mol. The number of aryl methyl sites for hydroxylation is 2. The van der Waals surface area contributed by atoms with Crippen molar-refractivity contribution in [3.8, 4) is 5.69 Å². The minimum Gasteiger partial charge on any atom is -0.396 e. The fraction of sp³-hybridized carbons (Fsp3) is 0.263. The second-order valence-electron chi connectivity index (χ2n) is 5.77. The summed E-state index contributed by atoms with van der Waals surface area (Å²) in [6.07, 6.45) is 0.667. The van der Waals surface area contributed by atoms with Gasteiger partial charge in [-0.1, -0.05) is 41.6 Å². The van der Waals surface area contributed by atoms with Gasteiger partial charge in [-0.2, -0.15) is 0 Å². The van der Waals surface area contributed by atoms with Gasteiger partial charge in [-0.3, -0.25) is 9.36 Å². The van der Waals surface area contributed by atoms with E-state index in [1.54, 1.807) is 4.57 Å². The van der Waals surface area contributed by atoms with Crippen LogP contribution in [0.3, 0.4) is 0 Å². The number of aliphatic hydroxyl groups excluding tert-OH is 1. The number of benzene rings is 2. The molecule has 1 aromatic heterocycles. The van der Waals surface area contributed by atoms with Crippen molar-refractivity contribution in [2.24, 2.45) is 0 Å². The van der Waals surface area contributed by atoms with Crippen molar-refractivity contribution in [3.05, 3.63) is 63.9 Å². The van der Waals surface area contributed by atoms with Crippen LogP contribution in [-0.2, 0) is 0 Å². The van der Waals surface area contributed by atoms with Crippen molar-refractivity contribution >= 4 is 22.7 Å². The summed E-state index contributed by atoms with van der Waals surface area (Å²) in [7, 11) is 0. The third-order valence-electron chi connectivity index (χ3n) is 3.87. The maximum Gasteiger partial charge on any atom is 0.266 e. The highest BCUT2D eigenvalue weighted by Gasteiger charge is 2.14. The largest absolute Gasteiger partial charge is 0.396 e. The van der Waals surface area contributed by atoms with Crippen LogP contribution in [-0.4, -0.2) is 27.0 Å². The number of para-hydroxylation sites is 1. The summed E-state index contributed by atoms with van der Waals surface area (Å²) >= 11 is 1.50. The summed E-state index contributed by atoms with van der Waals surface area (Å²) in [6, 6.07) is 13.5. The molecule has 0 atom stereocenters. The van der Waals surface area contributed by atoms with E-state index in [1.165, 1.54) is 11.8 Å². The first-order valence-electron chi connectivity index (χ1n) is 7.95. The zero-order chi connectivity index (χ0) is 17.1. The van der Waals surface area contributed by atoms with Gasteiger partial charge in [0.2, 0.25) is 0 Å². The Hall–Kier alpha value is -2.11. The molecule has 2 aromatic carbocycles. The van der Waals surface area contributed by atoms with Gasteiger partial charge in [-0.15, -0.1) is 0 Å². The van der Waals surface area contributed by atoms with Gasteiger partial charge < -0.3 is 5.11 Å². The van der Waals surface area contributed by atoms with Crippen molar-refractivity contribution in [1.29, 1.82) is 0 Å². The molecule has 0 radical (unpaired) electrons. The highest BCUT2D eigenvalue weighted by atomic mass is 32.2. The van der Waals surface area contributed by atoms with E-state index in [0.29, 0.717) is 28.2 Å². The molecule has 0 spiro atoms. The molecule has 0 bridgehead atoms. The number of aromatic nitrogens is 2. The fourth-order valence-corrected chi connectivity index (χ4v) is 3.64. The molecule has 0 saturated heterocycles. The lowest BCUT2D eigenvalue weighted by molar-refractivity contribution is 0.296. The summed E-state index contributed by atoms with van der Waals surface area (Å²) in [5, 5.41) is 10.3. The summed E-state index contributed by atoms with van der Waals surface area (Å²) in [4.78, 5) is 17.8. The molecular formula is C19H20N2O2S. The van der Waals surface area contributed by atoms with Gasteiger partial charge in [0, 0.05) is 12.4 Å². The van der Waals surface area contributed by atoms with Crippen LogP contribution in [0.5, 0.6) is 0 Å². The standard InChI is InChI=1S/C19H20N2O2S/c1-13-8-9-17(14(2)12-13)21-18(23)15-6-3-4-7-16(15)20-19(21)24-11-5-10-22/h3-4,6-9,12,22H,5,10-11H2,1-2H3. The second kappa shape index (κ2) is 7.20. The molecular weight excluding hydrogens is 320 g/mol. The molecule has 3 aromatic rings. The first-order chi connectivity index (χ1) is 11.6. The highest BCUT2D eigenvalue weighted by molar-refractivity contribution is 7.99. The average molecular weight is 340 g/mol. The summed E-state index contributed by atoms with van der Waals surface area (Å²) < 4.78 is 1.69. The molecule has 0 saturated carbocycles. The predicted octanol–water partition coefficient (Wildman–Crippen LogP) is 3.48. The topological polar surface area (TPSA) is 55.1 Å². The van der Waals surface area contributed by atoms with Crippen molar-refractivity contribution in [2.75, 3.05) is 12.4 Å². The van der Waals surface area contributed by atoms with Crippen LogP contribution >= 0.6 is 11.8 Å². The van der Waals surface area contributed by atoms with Crippen LogP contribution in [0, 0.1) is 13.8 Å². The first kappa shape index (κ1) is 16.7. The average Bonchev–Trinajstić information content (AvgIpc) is 2.57. The van der Waals surface area contributed by atoms with Crippen LogP contribution in [0.1, 0.15) is 17.5 Å². The number of hydrogen-bond acceptors (Lipinski definition) is 4. The third kappa shape index (κ3) is 3.23. The Morgan fingerprint density at radius 1 is 1.17 bits per heavy atom. The minimum absolute atomic E-state index is 0.0564. The Kier molecular flexibility index (Phi) is 5.02. The Labute approximate surface area is 145 Å². The maximum atomic E-state index is 13.1. The minimum atomic E-state index is -0.0564. The van der Waals surface area contributed by atoms with Gasteiger partial charge in [0.25, 0.3) is 5.56 Å². The van der Waals surface area contributed by atoms with Crippen LogP contribution < -0.4 is 5.56 Å². The number of aliphatic hydroxyl groups is 1. The van der Waals surface area contributed by atoms with Gasteiger partial charge in [-0.25, -0.2) is 4.98 Å². The molecule has 0 aliphatic heterocycles. The van der Waals surface area contributed by atoms with Gasteiger partial charge >= 0.3 is 0 Å². The van der Waals surface area contributed by atoms with E-state index < -0.39 is 0 Å². The summed E-state index contributed by atoms with van der Waals surface area (Å²) in [5.41, 5.74) is 3.70. The smallest absolute Gasteiger partial charge is 0.266 e. The number of fused-ring (bicyclic) bond motifs is 1. The second-order valence-corrected chi connectivity index (χ2v) is 6.83. The van der Waals surface area contributed by atoms with Crippen molar-refractivity contribution in [2.45, 2.75) is 25.4 Å². The molecule has 3 rings (SSSR count). The van der Waals surface area contributed by atoms with Crippen LogP contribution in [0.15, 0.2) is 52.4 Å². The molecule has 0 fully saturated rings. The molecule has 1 heterocycles. The summed E-state index contributed by atoms with van der Waals surface area (Å²) in [6.45, 7) is 4.18. The molecule has 0 amide bonds. The lowest BCUT2D eigenvalue weighted by Gasteiger charge is -2.15. The maximum absolute atomic E-state index is 13.1. The Morgan fingerprint density at radius 3 is 2.71 bits per heavy atom. The van der Waals surface area contributed by atoms with Crippen LogP contribution in [0.2, 0.25) is 0 Å². The highest BCUT2D eigenvalue weighted by Crippen LogP contribution is 2.24. The van der Waals surface area contributed by atoms with Gasteiger partial charge in [-0.05, 0) is 44.0 Å². The molecule has 0 unspecified atom stereocenters. The molecule has 24 heavy (non-hydrogen) atoms. The third-order valence-corrected chi connectivity index (χ3v) is 4.90. The van der Waals surface area contributed by atoms with E-state index in [1.807, 2.05) is 50.2 Å². The molecule has 1 N–H and O–H groups in total. The normalized spacial score (nSPS) is 11.1. The number of rotatable bonds is 5. The van der Waals surface area contributed by atoms with Crippen LogP contribution in [0.4, 0.5) is 0 Å². The fourth-order valence-electron chi connectivity index (χ4n) is 2.71. The quantitative estimate of drug-likeness (QED) is 0.439. The molecule has 0 aliphatic carbocycles. The Balaban J connectivity index is 2.24. The van der Waals surface area contributed by atoms with Crippen molar-refractivity contribution < 1.29 is 5.11 Å². The Morgan fingerprint density at radius 2 is 1.96 bits per heavy atom. The van der Waals surface area contributed by atoms with Crippen molar-refractivity contribution in [1.82, 2.24) is 9.55 Å². The lowest BCUT2D eigenvalue weighted by atomic mass is 10.1. The van der Waals surface area contributed by atoms with Gasteiger partial charge in [0.05, 0.1) is 16.6 Å². The lowest BCUT2D eigenvalue weighted by Crippen LogP contribution is -2.22. The molecule has 0 aliphatic rings. The van der Waals surface area contributed by atoms with Gasteiger partial charge in [0.15, 0.2) is 5.16 Å². The van der Waals surface area contributed by atoms with E-state index in [-0.39, 0.29) is 12.2 Å². The zero-order valence-electron chi connectivity index (χ0n) is 13.8. The van der Waals surface area contributed by atoms with E-state index in [2.05, 4.69) is 6.07 Å². The van der Waals surface area contributed by atoms with E-state index in [4.69, 9.17) is 10.1 Å². The van der Waals surface area contributed by atoms with Crippen LogP contribution in [0.25, 0.3) is 16.6 Å². The van der Waals surface area contributed by atoms with E-state index in [0.717, 1.165) is 16.8 Å². The van der Waals surface area contributed by atoms with Gasteiger partial charge in [0.1, 0.15) is 0 Å². The molecule has 5 heteroatoms. The first-order valence-corrected chi connectivity index (χ1v) is 8.93. The van der Waals surface area contributed by atoms with E-state index >= 15 is 0 Å². The molecule has 4 nitrogen and oxygen atoms in total. The van der Waals surface area contributed by atoms with Crippen molar-refractivity contribution in [3.63, 3.8) is 0 Å². The summed E-state index contributed by atoms with van der Waals surface area (Å²) in [5.74, 6) is 0.714. The zero-order valence-corrected chi connectivity index (χ0v) is 14.6. The van der Waals surface area contributed by atoms with E-state index in [9.17, 15) is 4.79 Å². The number of hydrogen-bond donors (Lipinski definition) is 1. The number of nitrogens with zero attached hydrogens (tertiary/aromatic N) is 2.